The minimum Gasteiger partial charge on any atom is -0.360 e. The minimum absolute atomic E-state index is 0.175. The maximum Gasteiger partial charge on any atom is 0.182 e. The molecule has 1 aromatic rings. The second-order valence-electron chi connectivity index (χ2n) is 2.53. The molecule has 1 rings (SSSR count). The molecule has 0 saturated heterocycles. The lowest BCUT2D eigenvalue weighted by Crippen LogP contribution is -2.20. The lowest BCUT2D eigenvalue weighted by Gasteiger charge is -2.07. The average Bonchev–Trinajstić information content (AvgIpc) is 2.51. The van der Waals surface area contributed by atoms with E-state index in [0.29, 0.717) is 0 Å². The van der Waals surface area contributed by atoms with Crippen molar-refractivity contribution in [2.75, 3.05) is 18.1 Å². The lowest BCUT2D eigenvalue weighted by atomic mass is 10.5. The van der Waals surface area contributed by atoms with Crippen LogP contribution in [0.15, 0.2) is 11.6 Å². The van der Waals surface area contributed by atoms with E-state index in [0.717, 1.165) is 11.7 Å². The fourth-order valence-corrected chi connectivity index (χ4v) is 1.52. The molecule has 12 heavy (non-hydrogen) atoms. The Morgan fingerprint density at radius 3 is 3.08 bits per heavy atom. The second-order valence-corrected chi connectivity index (χ2v) is 5.22. The Balaban J connectivity index is 2.31. The third-order valence-electron chi connectivity index (χ3n) is 1.54. The van der Waals surface area contributed by atoms with Gasteiger partial charge in [-0.1, -0.05) is 0 Å². The maximum absolute atomic E-state index is 11.0. The van der Waals surface area contributed by atoms with E-state index in [1.165, 1.54) is 0 Å². The van der Waals surface area contributed by atoms with Crippen molar-refractivity contribution in [1.82, 2.24) is 4.98 Å². The van der Waals surface area contributed by atoms with Crippen molar-refractivity contribution in [3.63, 3.8) is 0 Å². The third kappa shape index (κ3) is 2.91. The van der Waals surface area contributed by atoms with E-state index in [9.17, 15) is 4.21 Å². The van der Waals surface area contributed by atoms with Gasteiger partial charge in [0.15, 0.2) is 5.13 Å². The van der Waals surface area contributed by atoms with Crippen LogP contribution in [-0.2, 0) is 10.8 Å². The predicted molar refractivity (Wildman–Crippen MR) is 54.1 cm³/mol. The van der Waals surface area contributed by atoms with Gasteiger partial charge >= 0.3 is 0 Å². The van der Waals surface area contributed by atoms with Crippen LogP contribution in [0.3, 0.4) is 0 Å². The first-order valence-corrected chi connectivity index (χ1v) is 6.16. The van der Waals surface area contributed by atoms with Crippen molar-refractivity contribution in [2.24, 2.45) is 0 Å². The predicted octanol–water partition coefficient (Wildman–Crippen LogP) is 1.32. The van der Waals surface area contributed by atoms with Gasteiger partial charge in [0.05, 0.1) is 0 Å². The van der Waals surface area contributed by atoms with Gasteiger partial charge in [0.2, 0.25) is 0 Å². The fourth-order valence-electron chi connectivity index (χ4n) is 0.659. The Bertz CT molecular complexity index is 248. The van der Waals surface area contributed by atoms with Gasteiger partial charge < -0.3 is 5.32 Å². The van der Waals surface area contributed by atoms with Crippen LogP contribution in [0.25, 0.3) is 0 Å². The number of anilines is 1. The van der Waals surface area contributed by atoms with E-state index in [1.54, 1.807) is 23.8 Å². The molecule has 2 unspecified atom stereocenters. The van der Waals surface area contributed by atoms with E-state index in [2.05, 4.69) is 10.3 Å². The van der Waals surface area contributed by atoms with Gasteiger partial charge in [-0.3, -0.25) is 4.21 Å². The molecule has 0 aliphatic rings. The molecule has 0 spiro atoms. The number of thiazole rings is 1. The molecule has 0 saturated carbocycles. The van der Waals surface area contributed by atoms with Crippen molar-refractivity contribution in [2.45, 2.75) is 12.2 Å². The van der Waals surface area contributed by atoms with Gasteiger partial charge in [0.25, 0.3) is 0 Å². The van der Waals surface area contributed by atoms with Crippen LogP contribution < -0.4 is 5.32 Å². The Morgan fingerprint density at radius 1 is 1.83 bits per heavy atom. The summed E-state index contributed by atoms with van der Waals surface area (Å²) in [6.45, 7) is 2.67. The smallest absolute Gasteiger partial charge is 0.182 e. The largest absolute Gasteiger partial charge is 0.360 e. The highest BCUT2D eigenvalue weighted by atomic mass is 32.2. The molecule has 3 nitrogen and oxygen atoms in total. The standard InChI is InChI=1S/C7H12N2OS2/c1-6(12(2)10)5-9-7-8-3-4-11-7/h3-4,6H,5H2,1-2H3,(H,8,9). The minimum atomic E-state index is -0.757. The molecule has 0 bridgehead atoms. The maximum atomic E-state index is 11.0. The summed E-state index contributed by atoms with van der Waals surface area (Å²) in [5.41, 5.74) is 0. The summed E-state index contributed by atoms with van der Waals surface area (Å²) in [5, 5.41) is 6.10. The first-order chi connectivity index (χ1) is 5.70. The monoisotopic (exact) mass is 204 g/mol. The molecule has 5 heteroatoms. The first-order valence-electron chi connectivity index (χ1n) is 3.65. The molecule has 68 valence electrons. The molecule has 0 aliphatic heterocycles. The zero-order chi connectivity index (χ0) is 8.97. The number of hydrogen-bond acceptors (Lipinski definition) is 4. The highest BCUT2D eigenvalue weighted by Gasteiger charge is 2.05. The highest BCUT2D eigenvalue weighted by molar-refractivity contribution is 7.84. The van der Waals surface area contributed by atoms with Crippen LogP contribution in [0.5, 0.6) is 0 Å². The van der Waals surface area contributed by atoms with Crippen LogP contribution in [-0.4, -0.2) is 27.2 Å². The number of nitrogens with one attached hydrogen (secondary N) is 1. The van der Waals surface area contributed by atoms with Crippen LogP contribution >= 0.6 is 11.3 Å². The summed E-state index contributed by atoms with van der Waals surface area (Å²) in [5.74, 6) is 0. The Morgan fingerprint density at radius 2 is 2.58 bits per heavy atom. The molecule has 1 N–H and O–H groups in total. The Kier molecular flexibility index (Phi) is 3.68. The van der Waals surface area contributed by atoms with Crippen LogP contribution in [0.1, 0.15) is 6.92 Å². The van der Waals surface area contributed by atoms with E-state index < -0.39 is 10.8 Å². The van der Waals surface area contributed by atoms with Gasteiger partial charge in [-0.05, 0) is 6.92 Å². The number of aromatic nitrogens is 1. The van der Waals surface area contributed by atoms with Gasteiger partial charge in [-0.15, -0.1) is 11.3 Å². The summed E-state index contributed by atoms with van der Waals surface area (Å²) < 4.78 is 11.0. The zero-order valence-corrected chi connectivity index (χ0v) is 8.74. The Hall–Kier alpha value is -0.420. The normalized spacial score (nSPS) is 15.5. The molecule has 1 heterocycles. The Labute approximate surface area is 78.7 Å². The van der Waals surface area contributed by atoms with Gasteiger partial charge in [0, 0.05) is 40.4 Å². The second kappa shape index (κ2) is 4.57. The lowest BCUT2D eigenvalue weighted by molar-refractivity contribution is 0.679. The van der Waals surface area contributed by atoms with E-state index in [1.807, 2.05) is 12.3 Å². The SMILES string of the molecule is CC(CNc1nccs1)S(C)=O. The molecular weight excluding hydrogens is 192 g/mol. The van der Waals surface area contributed by atoms with E-state index in [4.69, 9.17) is 0 Å². The highest BCUT2D eigenvalue weighted by Crippen LogP contribution is 2.10. The van der Waals surface area contributed by atoms with Crippen molar-refractivity contribution in [3.05, 3.63) is 11.6 Å². The molecule has 0 radical (unpaired) electrons. The molecule has 2 atom stereocenters. The molecule has 0 fully saturated rings. The summed E-state index contributed by atoms with van der Waals surface area (Å²) >= 11 is 1.56. The number of rotatable bonds is 4. The molecular formula is C7H12N2OS2. The third-order valence-corrected chi connectivity index (χ3v) is 3.57. The van der Waals surface area contributed by atoms with Crippen molar-refractivity contribution >= 4 is 27.3 Å². The quantitative estimate of drug-likeness (QED) is 0.804. The molecule has 0 aliphatic carbocycles. The van der Waals surface area contributed by atoms with E-state index in [-0.39, 0.29) is 5.25 Å². The topological polar surface area (TPSA) is 42.0 Å². The molecule has 0 aromatic carbocycles. The molecule has 0 amide bonds. The van der Waals surface area contributed by atoms with Gasteiger partial charge in [0.1, 0.15) is 0 Å². The van der Waals surface area contributed by atoms with Gasteiger partial charge in [-0.25, -0.2) is 4.98 Å². The van der Waals surface area contributed by atoms with Gasteiger partial charge in [-0.2, -0.15) is 0 Å². The van der Waals surface area contributed by atoms with Crippen molar-refractivity contribution < 1.29 is 4.21 Å². The summed E-state index contributed by atoms with van der Waals surface area (Å²) in [6, 6.07) is 0. The van der Waals surface area contributed by atoms with Crippen molar-refractivity contribution in [1.29, 1.82) is 0 Å². The molecule has 1 aromatic heterocycles. The van der Waals surface area contributed by atoms with Crippen LogP contribution in [0, 0.1) is 0 Å². The first kappa shape index (κ1) is 9.67. The number of nitrogens with zero attached hydrogens (tertiary/aromatic N) is 1. The van der Waals surface area contributed by atoms with Crippen LogP contribution in [0.2, 0.25) is 0 Å². The average molecular weight is 204 g/mol. The zero-order valence-electron chi connectivity index (χ0n) is 7.11. The van der Waals surface area contributed by atoms with Crippen molar-refractivity contribution in [3.8, 4) is 0 Å². The summed E-state index contributed by atoms with van der Waals surface area (Å²) in [6.07, 6.45) is 3.47. The fraction of sp³-hybridized carbons (Fsp3) is 0.571. The summed E-state index contributed by atoms with van der Waals surface area (Å²) in [4.78, 5) is 4.06. The van der Waals surface area contributed by atoms with E-state index >= 15 is 0 Å². The number of hydrogen-bond donors (Lipinski definition) is 1. The van der Waals surface area contributed by atoms with Crippen LogP contribution in [0.4, 0.5) is 5.13 Å². The summed E-state index contributed by atoms with van der Waals surface area (Å²) in [7, 11) is -0.757.